The molecular weight excluding hydrogens is 228 g/mol. The molecule has 2 aromatic carbocycles. The number of aliphatic hydroxyl groups is 1. The summed E-state index contributed by atoms with van der Waals surface area (Å²) in [5.41, 5.74) is 2.61. The van der Waals surface area contributed by atoms with E-state index in [9.17, 15) is 9.90 Å². The Hall–Kier alpha value is -2.13. The van der Waals surface area contributed by atoms with Crippen LogP contribution in [0.25, 0.3) is 11.1 Å². The molecule has 1 aliphatic rings. The molecule has 3 rings (SSSR count). The van der Waals surface area contributed by atoms with Gasteiger partial charge in [0, 0.05) is 11.1 Å². The van der Waals surface area contributed by atoms with Crippen LogP contribution < -0.4 is 0 Å². The molecule has 1 N–H and O–H groups in total. The highest BCUT2D eigenvalue weighted by Crippen LogP contribution is 2.48. The van der Waals surface area contributed by atoms with Crippen LogP contribution >= 0.6 is 0 Å². The number of fused-ring (bicyclic) bond motifs is 3. The van der Waals surface area contributed by atoms with Crippen molar-refractivity contribution in [2.75, 3.05) is 6.61 Å². The lowest BCUT2D eigenvalue weighted by Gasteiger charge is -2.27. The van der Waals surface area contributed by atoms with Crippen molar-refractivity contribution in [2.45, 2.75) is 5.60 Å². The van der Waals surface area contributed by atoms with Gasteiger partial charge in [-0.3, -0.25) is 4.79 Å². The van der Waals surface area contributed by atoms with Crippen LogP contribution in [0.1, 0.15) is 11.1 Å². The molecule has 0 saturated heterocycles. The van der Waals surface area contributed by atoms with Crippen molar-refractivity contribution in [3.05, 3.63) is 59.7 Å². The lowest BCUT2D eigenvalue weighted by molar-refractivity contribution is -0.143. The second-order valence-electron chi connectivity index (χ2n) is 4.29. The van der Waals surface area contributed by atoms with Crippen molar-refractivity contribution in [2.24, 2.45) is 0 Å². The van der Waals surface area contributed by atoms with Crippen LogP contribution in [0.3, 0.4) is 0 Å². The molecular formula is C15H12O3. The van der Waals surface area contributed by atoms with Crippen LogP contribution in [0.15, 0.2) is 48.5 Å². The van der Waals surface area contributed by atoms with E-state index in [0.717, 1.165) is 22.3 Å². The molecule has 0 fully saturated rings. The molecule has 0 unspecified atom stereocenters. The quantitative estimate of drug-likeness (QED) is 0.835. The van der Waals surface area contributed by atoms with E-state index in [1.54, 1.807) is 0 Å². The third-order valence-electron chi connectivity index (χ3n) is 3.49. The fourth-order valence-electron chi connectivity index (χ4n) is 2.70. The Balaban J connectivity index is 2.35. The zero-order chi connectivity index (χ0) is 12.6. The zero-order valence-corrected chi connectivity index (χ0v) is 9.67. The van der Waals surface area contributed by atoms with Crippen molar-refractivity contribution in [1.29, 1.82) is 0 Å². The lowest BCUT2D eigenvalue weighted by atomic mass is 9.92. The van der Waals surface area contributed by atoms with E-state index in [4.69, 9.17) is 4.74 Å². The molecule has 18 heavy (non-hydrogen) atoms. The standard InChI is InChI=1S/C15H12O3/c16-9-15(18-10-17)13-7-3-1-5-11(13)12-6-2-4-8-14(12)15/h1-8,10,16H,9H2. The van der Waals surface area contributed by atoms with Gasteiger partial charge in [-0.1, -0.05) is 48.5 Å². The summed E-state index contributed by atoms with van der Waals surface area (Å²) < 4.78 is 5.26. The first-order valence-corrected chi connectivity index (χ1v) is 5.75. The molecule has 0 atom stereocenters. The molecule has 0 spiro atoms. The van der Waals surface area contributed by atoms with Gasteiger partial charge >= 0.3 is 0 Å². The highest BCUT2D eigenvalue weighted by atomic mass is 16.5. The summed E-state index contributed by atoms with van der Waals surface area (Å²) in [6, 6.07) is 15.3. The maximum Gasteiger partial charge on any atom is 0.294 e. The Bertz CT molecular complexity index is 559. The predicted octanol–water partition coefficient (Wildman–Crippen LogP) is 2.08. The van der Waals surface area contributed by atoms with Crippen LogP contribution in [-0.4, -0.2) is 18.2 Å². The van der Waals surface area contributed by atoms with E-state index in [-0.39, 0.29) is 6.61 Å². The van der Waals surface area contributed by atoms with Crippen molar-refractivity contribution < 1.29 is 14.6 Å². The number of carbonyl (C=O) groups is 1. The van der Waals surface area contributed by atoms with Crippen molar-refractivity contribution in [3.8, 4) is 11.1 Å². The van der Waals surface area contributed by atoms with E-state index >= 15 is 0 Å². The number of rotatable bonds is 3. The summed E-state index contributed by atoms with van der Waals surface area (Å²) in [5, 5.41) is 9.76. The molecule has 90 valence electrons. The SMILES string of the molecule is O=COC1(CO)c2ccccc2-c2ccccc21. The zero-order valence-electron chi connectivity index (χ0n) is 9.67. The minimum absolute atomic E-state index is 0.264. The Kier molecular flexibility index (Phi) is 2.42. The number of ether oxygens (including phenoxy) is 1. The van der Waals surface area contributed by atoms with E-state index in [1.165, 1.54) is 0 Å². The van der Waals surface area contributed by atoms with Gasteiger partial charge in [-0.05, 0) is 11.1 Å². The van der Waals surface area contributed by atoms with Crippen LogP contribution in [0.5, 0.6) is 0 Å². The lowest BCUT2D eigenvalue weighted by Crippen LogP contribution is -2.32. The van der Waals surface area contributed by atoms with E-state index < -0.39 is 5.60 Å². The molecule has 3 nitrogen and oxygen atoms in total. The number of carbonyl (C=O) groups excluding carboxylic acids is 1. The molecule has 0 amide bonds. The van der Waals surface area contributed by atoms with Crippen molar-refractivity contribution in [3.63, 3.8) is 0 Å². The van der Waals surface area contributed by atoms with Crippen LogP contribution in [0, 0.1) is 0 Å². The first-order valence-electron chi connectivity index (χ1n) is 5.75. The Morgan fingerprint density at radius 1 is 1.00 bits per heavy atom. The first-order chi connectivity index (χ1) is 8.83. The monoisotopic (exact) mass is 240 g/mol. The van der Waals surface area contributed by atoms with Crippen LogP contribution in [-0.2, 0) is 15.1 Å². The number of hydrogen-bond acceptors (Lipinski definition) is 3. The second kappa shape index (κ2) is 3.96. The topological polar surface area (TPSA) is 46.5 Å². The third kappa shape index (κ3) is 1.25. The predicted molar refractivity (Wildman–Crippen MR) is 66.9 cm³/mol. The van der Waals surface area contributed by atoms with Gasteiger partial charge in [0.2, 0.25) is 0 Å². The summed E-state index contributed by atoms with van der Waals surface area (Å²) in [5.74, 6) is 0. The molecule has 0 radical (unpaired) electrons. The molecule has 1 aliphatic carbocycles. The van der Waals surface area contributed by atoms with Crippen molar-refractivity contribution in [1.82, 2.24) is 0 Å². The Morgan fingerprint density at radius 3 is 1.94 bits per heavy atom. The number of benzene rings is 2. The number of aliphatic hydroxyl groups excluding tert-OH is 1. The Labute approximate surface area is 105 Å². The molecule has 2 aromatic rings. The van der Waals surface area contributed by atoms with Gasteiger partial charge in [-0.15, -0.1) is 0 Å². The van der Waals surface area contributed by atoms with Crippen LogP contribution in [0.2, 0.25) is 0 Å². The fraction of sp³-hybridized carbons (Fsp3) is 0.133. The number of hydrogen-bond donors (Lipinski definition) is 1. The molecule has 0 saturated carbocycles. The fourth-order valence-corrected chi connectivity index (χ4v) is 2.70. The smallest absolute Gasteiger partial charge is 0.294 e. The normalized spacial score (nSPS) is 14.7. The maximum atomic E-state index is 10.8. The summed E-state index contributed by atoms with van der Waals surface area (Å²) in [6.45, 7) is 0.134. The third-order valence-corrected chi connectivity index (χ3v) is 3.49. The second-order valence-corrected chi connectivity index (χ2v) is 4.29. The van der Waals surface area contributed by atoms with Gasteiger partial charge in [0.05, 0.1) is 6.61 Å². The maximum absolute atomic E-state index is 10.8. The average Bonchev–Trinajstić information content (AvgIpc) is 2.72. The molecule has 0 aromatic heterocycles. The van der Waals surface area contributed by atoms with Gasteiger partial charge in [0.15, 0.2) is 5.60 Å². The highest BCUT2D eigenvalue weighted by molar-refractivity contribution is 5.80. The van der Waals surface area contributed by atoms with Gasteiger partial charge in [-0.2, -0.15) is 0 Å². The Morgan fingerprint density at radius 2 is 1.50 bits per heavy atom. The summed E-state index contributed by atoms with van der Waals surface area (Å²) in [4.78, 5) is 10.8. The minimum atomic E-state index is -1.06. The van der Waals surface area contributed by atoms with Gasteiger partial charge in [0.25, 0.3) is 6.47 Å². The first kappa shape index (κ1) is 11.0. The molecule has 3 heteroatoms. The average molecular weight is 240 g/mol. The van der Waals surface area contributed by atoms with E-state index in [2.05, 4.69) is 0 Å². The molecule has 0 bridgehead atoms. The van der Waals surface area contributed by atoms with E-state index in [0.29, 0.717) is 6.47 Å². The molecule has 0 heterocycles. The van der Waals surface area contributed by atoms with Crippen LogP contribution in [0.4, 0.5) is 0 Å². The van der Waals surface area contributed by atoms with E-state index in [1.807, 2.05) is 48.5 Å². The molecule has 0 aliphatic heterocycles. The summed E-state index contributed by atoms with van der Waals surface area (Å²) in [7, 11) is 0. The minimum Gasteiger partial charge on any atom is -0.449 e. The van der Waals surface area contributed by atoms with Crippen molar-refractivity contribution >= 4 is 6.47 Å². The van der Waals surface area contributed by atoms with Gasteiger partial charge in [-0.25, -0.2) is 0 Å². The summed E-state index contributed by atoms with van der Waals surface area (Å²) in [6.07, 6.45) is 0. The largest absolute Gasteiger partial charge is 0.449 e. The summed E-state index contributed by atoms with van der Waals surface area (Å²) >= 11 is 0. The highest BCUT2D eigenvalue weighted by Gasteiger charge is 2.44. The van der Waals surface area contributed by atoms with Gasteiger partial charge < -0.3 is 9.84 Å². The van der Waals surface area contributed by atoms with Gasteiger partial charge in [0.1, 0.15) is 0 Å².